The molecule has 0 saturated carbocycles. The zero-order valence-corrected chi connectivity index (χ0v) is 16.4. The van der Waals surface area contributed by atoms with E-state index in [2.05, 4.69) is 26.1 Å². The van der Waals surface area contributed by atoms with Gasteiger partial charge in [-0.15, -0.1) is 28.6 Å². The van der Waals surface area contributed by atoms with Gasteiger partial charge in [0, 0.05) is 11.4 Å². The number of hydrogen-bond donors (Lipinski definition) is 1. The van der Waals surface area contributed by atoms with Crippen molar-refractivity contribution < 1.29 is 0 Å². The van der Waals surface area contributed by atoms with Crippen LogP contribution < -0.4 is 5.32 Å². The van der Waals surface area contributed by atoms with Gasteiger partial charge in [0.2, 0.25) is 0 Å². The molecule has 0 aromatic carbocycles. The Hall–Kier alpha value is 0.730. The van der Waals surface area contributed by atoms with Gasteiger partial charge in [0.1, 0.15) is 0 Å². The lowest BCUT2D eigenvalue weighted by Crippen LogP contribution is -2.39. The Kier molecular flexibility index (Phi) is 18.5. The smallest absolute Gasteiger partial charge is 0.0235 e. The molecule has 0 aromatic rings. The second-order valence-corrected chi connectivity index (χ2v) is 6.81. The molecule has 1 nitrogen and oxygen atoms in total. The predicted molar refractivity (Wildman–Crippen MR) is 99.6 cm³/mol. The highest BCUT2D eigenvalue weighted by atomic mass is 79.9. The van der Waals surface area contributed by atoms with E-state index < -0.39 is 0 Å². The molecular formula is C17H37BrClN. The van der Waals surface area contributed by atoms with Crippen LogP contribution in [0.2, 0.25) is 0 Å². The van der Waals surface area contributed by atoms with Crippen LogP contribution in [0.15, 0.2) is 0 Å². The summed E-state index contributed by atoms with van der Waals surface area (Å²) < 4.78 is 0. The Morgan fingerprint density at radius 3 is 1.80 bits per heavy atom. The zero-order chi connectivity index (χ0) is 14.4. The van der Waals surface area contributed by atoms with Crippen molar-refractivity contribution in [2.24, 2.45) is 0 Å². The van der Waals surface area contributed by atoms with Crippen molar-refractivity contribution in [1.82, 2.24) is 5.32 Å². The maximum absolute atomic E-state index is 5.70. The van der Waals surface area contributed by atoms with Crippen molar-refractivity contribution >= 4 is 28.6 Å². The lowest BCUT2D eigenvalue weighted by atomic mass is 9.96. The van der Waals surface area contributed by atoms with E-state index in [9.17, 15) is 0 Å². The van der Waals surface area contributed by atoms with Gasteiger partial charge in [0.05, 0.1) is 0 Å². The van der Waals surface area contributed by atoms with Crippen LogP contribution in [0.5, 0.6) is 0 Å². The molecule has 0 heterocycles. The van der Waals surface area contributed by atoms with Gasteiger partial charge in [-0.2, -0.15) is 0 Å². The lowest BCUT2D eigenvalue weighted by molar-refractivity contribution is 0.348. The minimum absolute atomic E-state index is 0. The van der Waals surface area contributed by atoms with Gasteiger partial charge in [0.25, 0.3) is 0 Å². The van der Waals surface area contributed by atoms with Crippen LogP contribution in [0.1, 0.15) is 91.4 Å². The topological polar surface area (TPSA) is 12.0 Å². The molecule has 0 saturated heterocycles. The van der Waals surface area contributed by atoms with Gasteiger partial charge >= 0.3 is 0 Å². The minimum atomic E-state index is 0. The predicted octanol–water partition coefficient (Wildman–Crippen LogP) is 6.48. The average molecular weight is 371 g/mol. The van der Waals surface area contributed by atoms with E-state index in [4.69, 9.17) is 11.6 Å². The van der Waals surface area contributed by atoms with Crippen molar-refractivity contribution in [2.45, 2.75) is 96.9 Å². The standard InChI is InChI=1S/C17H36ClN.BrH/c1-4-5-6-7-8-9-10-11-12-14-17(2,3)19-16-13-15-18;/h19H,4-16H2,1-3H3;1H. The van der Waals surface area contributed by atoms with Gasteiger partial charge in [0.15, 0.2) is 0 Å². The lowest BCUT2D eigenvalue weighted by Gasteiger charge is -2.26. The fourth-order valence-electron chi connectivity index (χ4n) is 2.46. The van der Waals surface area contributed by atoms with Crippen molar-refractivity contribution in [2.75, 3.05) is 12.4 Å². The summed E-state index contributed by atoms with van der Waals surface area (Å²) in [5, 5.41) is 3.60. The highest BCUT2D eigenvalue weighted by Crippen LogP contribution is 2.16. The summed E-state index contributed by atoms with van der Waals surface area (Å²) in [6, 6.07) is 0. The SMILES string of the molecule is Br.CCCCCCCCCCCC(C)(C)NCCCCl. The van der Waals surface area contributed by atoms with E-state index in [-0.39, 0.29) is 22.5 Å². The molecule has 1 N–H and O–H groups in total. The molecule has 0 fully saturated rings. The van der Waals surface area contributed by atoms with Crippen LogP contribution in [0, 0.1) is 0 Å². The van der Waals surface area contributed by atoms with E-state index >= 15 is 0 Å². The van der Waals surface area contributed by atoms with E-state index in [0.29, 0.717) is 0 Å². The summed E-state index contributed by atoms with van der Waals surface area (Å²) in [4.78, 5) is 0. The first-order valence-electron chi connectivity index (χ1n) is 8.43. The van der Waals surface area contributed by atoms with Gasteiger partial charge in [-0.05, 0) is 33.2 Å². The minimum Gasteiger partial charge on any atom is -0.312 e. The van der Waals surface area contributed by atoms with Crippen molar-refractivity contribution in [3.63, 3.8) is 0 Å². The van der Waals surface area contributed by atoms with Crippen molar-refractivity contribution in [1.29, 1.82) is 0 Å². The summed E-state index contributed by atoms with van der Waals surface area (Å²) in [7, 11) is 0. The molecule has 20 heavy (non-hydrogen) atoms. The monoisotopic (exact) mass is 369 g/mol. The Morgan fingerprint density at radius 2 is 1.30 bits per heavy atom. The molecular weight excluding hydrogens is 334 g/mol. The maximum Gasteiger partial charge on any atom is 0.0235 e. The summed E-state index contributed by atoms with van der Waals surface area (Å²) in [5.41, 5.74) is 0.285. The first-order chi connectivity index (χ1) is 9.12. The van der Waals surface area contributed by atoms with Crippen LogP contribution in [-0.2, 0) is 0 Å². The highest BCUT2D eigenvalue weighted by Gasteiger charge is 2.15. The van der Waals surface area contributed by atoms with Gasteiger partial charge in [-0.3, -0.25) is 0 Å². The quantitative estimate of drug-likeness (QED) is 0.272. The summed E-state index contributed by atoms with van der Waals surface area (Å²) in [6.07, 6.45) is 15.1. The van der Waals surface area contributed by atoms with E-state index in [1.807, 2.05) is 0 Å². The number of nitrogens with one attached hydrogen (secondary N) is 1. The number of halogens is 2. The van der Waals surface area contributed by atoms with E-state index in [1.54, 1.807) is 0 Å². The molecule has 0 aliphatic heterocycles. The van der Waals surface area contributed by atoms with Crippen LogP contribution in [0.3, 0.4) is 0 Å². The number of rotatable bonds is 14. The Balaban J connectivity index is 0. The number of hydrogen-bond acceptors (Lipinski definition) is 1. The van der Waals surface area contributed by atoms with Crippen LogP contribution in [0.25, 0.3) is 0 Å². The van der Waals surface area contributed by atoms with Gasteiger partial charge in [-0.25, -0.2) is 0 Å². The van der Waals surface area contributed by atoms with Crippen molar-refractivity contribution in [3.8, 4) is 0 Å². The normalized spacial score (nSPS) is 11.4. The number of alkyl halides is 1. The Labute approximate surface area is 143 Å². The third-order valence-corrected chi connectivity index (χ3v) is 4.09. The zero-order valence-electron chi connectivity index (χ0n) is 14.0. The molecule has 124 valence electrons. The summed E-state index contributed by atoms with van der Waals surface area (Å²) >= 11 is 5.70. The van der Waals surface area contributed by atoms with Crippen LogP contribution in [-0.4, -0.2) is 18.0 Å². The van der Waals surface area contributed by atoms with Gasteiger partial charge in [-0.1, -0.05) is 64.7 Å². The second kappa shape index (κ2) is 16.1. The molecule has 0 spiro atoms. The maximum atomic E-state index is 5.70. The molecule has 0 atom stereocenters. The third-order valence-electron chi connectivity index (χ3n) is 3.82. The largest absolute Gasteiger partial charge is 0.312 e. The number of unbranched alkanes of at least 4 members (excludes halogenated alkanes) is 8. The molecule has 0 radical (unpaired) electrons. The first-order valence-corrected chi connectivity index (χ1v) is 8.97. The Bertz CT molecular complexity index is 186. The highest BCUT2D eigenvalue weighted by molar-refractivity contribution is 8.93. The van der Waals surface area contributed by atoms with Crippen LogP contribution in [0.4, 0.5) is 0 Å². The molecule has 0 amide bonds. The van der Waals surface area contributed by atoms with Crippen molar-refractivity contribution in [3.05, 3.63) is 0 Å². The van der Waals surface area contributed by atoms with Crippen LogP contribution >= 0.6 is 28.6 Å². The summed E-state index contributed by atoms with van der Waals surface area (Å²) in [5.74, 6) is 0.765. The molecule has 0 unspecified atom stereocenters. The molecule has 0 rings (SSSR count). The van der Waals surface area contributed by atoms with E-state index in [1.165, 1.54) is 64.2 Å². The summed E-state index contributed by atoms with van der Waals surface area (Å²) in [6.45, 7) is 7.95. The fourth-order valence-corrected chi connectivity index (χ4v) is 2.59. The fraction of sp³-hybridized carbons (Fsp3) is 1.00. The third kappa shape index (κ3) is 16.8. The average Bonchev–Trinajstić information content (AvgIpc) is 2.37. The van der Waals surface area contributed by atoms with Gasteiger partial charge < -0.3 is 5.32 Å². The molecule has 3 heteroatoms. The van der Waals surface area contributed by atoms with E-state index in [0.717, 1.165) is 18.8 Å². The first kappa shape index (κ1) is 23.0. The molecule has 0 aromatic heterocycles. The molecule has 0 bridgehead atoms. The second-order valence-electron chi connectivity index (χ2n) is 6.43. The molecule has 0 aliphatic carbocycles. The Morgan fingerprint density at radius 1 is 0.800 bits per heavy atom. The molecule has 0 aliphatic rings.